The minimum atomic E-state index is -3.49. The van der Waals surface area contributed by atoms with Crippen LogP contribution in [0.4, 0.5) is 14.9 Å². The van der Waals surface area contributed by atoms with Gasteiger partial charge in [-0.3, -0.25) is 15.0 Å². The summed E-state index contributed by atoms with van der Waals surface area (Å²) in [6.07, 6.45) is -1.12. The summed E-state index contributed by atoms with van der Waals surface area (Å²) < 4.78 is 45.2. The van der Waals surface area contributed by atoms with E-state index in [1.807, 2.05) is 24.3 Å². The minimum Gasteiger partial charge on any atom is -0.444 e. The van der Waals surface area contributed by atoms with Crippen LogP contribution in [-0.4, -0.2) is 48.0 Å². The first-order valence-corrected chi connectivity index (χ1v) is 12.9. The lowest BCUT2D eigenvalue weighted by molar-refractivity contribution is -0.387. The Morgan fingerprint density at radius 1 is 1.15 bits per heavy atom. The van der Waals surface area contributed by atoms with Crippen molar-refractivity contribution in [3.8, 4) is 0 Å². The summed E-state index contributed by atoms with van der Waals surface area (Å²) in [7, 11) is -3.49. The van der Waals surface area contributed by atoms with Crippen LogP contribution in [0.25, 0.3) is 0 Å². The highest BCUT2D eigenvalue weighted by Crippen LogP contribution is 2.35. The Kier molecular flexibility index (Phi) is 6.14. The van der Waals surface area contributed by atoms with Crippen molar-refractivity contribution in [3.63, 3.8) is 0 Å². The molecule has 3 atom stereocenters. The molecule has 182 valence electrons. The third kappa shape index (κ3) is 4.91. The maximum atomic E-state index is 14.1. The summed E-state index contributed by atoms with van der Waals surface area (Å²) in [5.41, 5.74) is 1.67. The van der Waals surface area contributed by atoms with Crippen molar-refractivity contribution in [1.82, 2.24) is 4.90 Å². The monoisotopic (exact) mass is 490 g/mol. The van der Waals surface area contributed by atoms with Crippen LogP contribution in [0.15, 0.2) is 42.5 Å². The number of benzene rings is 2. The predicted molar refractivity (Wildman–Crippen MR) is 124 cm³/mol. The minimum absolute atomic E-state index is 0.0800. The second kappa shape index (κ2) is 8.65. The molecule has 10 heteroatoms. The van der Waals surface area contributed by atoms with Crippen molar-refractivity contribution < 1.29 is 27.3 Å². The van der Waals surface area contributed by atoms with E-state index >= 15 is 0 Å². The van der Waals surface area contributed by atoms with Gasteiger partial charge in [0.25, 0.3) is 0 Å². The zero-order valence-corrected chi connectivity index (χ0v) is 20.0. The molecule has 0 spiro atoms. The Balaban J connectivity index is 1.58. The van der Waals surface area contributed by atoms with Gasteiger partial charge < -0.3 is 4.74 Å². The Labute approximate surface area is 197 Å². The Morgan fingerprint density at radius 3 is 2.53 bits per heavy atom. The van der Waals surface area contributed by atoms with Crippen molar-refractivity contribution in [1.29, 1.82) is 0 Å². The Bertz CT molecular complexity index is 1240. The number of amides is 1. The van der Waals surface area contributed by atoms with E-state index in [0.29, 0.717) is 5.56 Å². The largest absolute Gasteiger partial charge is 0.444 e. The van der Waals surface area contributed by atoms with Crippen LogP contribution in [0.5, 0.6) is 0 Å². The number of nitro benzene ring substituents is 1. The van der Waals surface area contributed by atoms with Crippen molar-refractivity contribution in [3.05, 3.63) is 75.1 Å². The Morgan fingerprint density at radius 2 is 1.88 bits per heavy atom. The van der Waals surface area contributed by atoms with Gasteiger partial charge in [0.1, 0.15) is 6.10 Å². The van der Waals surface area contributed by atoms with Crippen molar-refractivity contribution in [2.75, 3.05) is 11.5 Å². The fourth-order valence-corrected chi connectivity index (χ4v) is 6.72. The molecule has 8 nitrogen and oxygen atoms in total. The van der Waals surface area contributed by atoms with Crippen LogP contribution < -0.4 is 0 Å². The average molecular weight is 491 g/mol. The number of hydrogen-bond donors (Lipinski definition) is 0. The molecule has 0 saturated carbocycles. The molecular formula is C24H27FN2O6S. The van der Waals surface area contributed by atoms with Crippen LogP contribution in [-0.2, 0) is 33.0 Å². The summed E-state index contributed by atoms with van der Waals surface area (Å²) in [5.74, 6) is -1.97. The molecule has 2 saturated heterocycles. The zero-order valence-electron chi connectivity index (χ0n) is 19.2. The number of hydrogen-bond acceptors (Lipinski definition) is 6. The molecule has 2 aromatic carbocycles. The highest BCUT2D eigenvalue weighted by atomic mass is 32.2. The van der Waals surface area contributed by atoms with E-state index in [4.69, 9.17) is 4.74 Å². The number of halogens is 1. The fraction of sp³-hybridized carbons (Fsp3) is 0.458. The first-order chi connectivity index (χ1) is 15.8. The third-order valence-corrected chi connectivity index (χ3v) is 8.25. The molecule has 2 aromatic rings. The summed E-state index contributed by atoms with van der Waals surface area (Å²) in [6, 6.07) is 10.7. The molecule has 0 N–H and O–H groups in total. The molecule has 2 aliphatic rings. The van der Waals surface area contributed by atoms with Crippen molar-refractivity contribution in [2.24, 2.45) is 5.92 Å². The van der Waals surface area contributed by atoms with Gasteiger partial charge in [0.05, 0.1) is 22.5 Å². The van der Waals surface area contributed by atoms with E-state index in [-0.39, 0.29) is 29.9 Å². The second-order valence-corrected chi connectivity index (χ2v) is 12.2. The van der Waals surface area contributed by atoms with Crippen LogP contribution in [0.2, 0.25) is 0 Å². The predicted octanol–water partition coefficient (Wildman–Crippen LogP) is 4.01. The van der Waals surface area contributed by atoms with E-state index in [1.165, 1.54) is 11.0 Å². The summed E-state index contributed by atoms with van der Waals surface area (Å²) in [5, 5.41) is 10.9. The number of sulfone groups is 1. The molecule has 0 radical (unpaired) electrons. The van der Waals surface area contributed by atoms with Crippen LogP contribution in [0.1, 0.15) is 37.5 Å². The molecule has 0 aliphatic carbocycles. The molecule has 2 fully saturated rings. The molecule has 2 aliphatic heterocycles. The van der Waals surface area contributed by atoms with Crippen LogP contribution >= 0.6 is 0 Å². The lowest BCUT2D eigenvalue weighted by Gasteiger charge is -2.34. The standard InChI is InChI=1S/C24H27FN2O6S/c1-24(2,3)18-6-4-5-16(10-18)12-26-21-14-34(31,32)13-17(22(21)33-23(26)28)9-15-7-8-20(27(29)30)19(25)11-15/h4-8,10-11,17,21-22H,9,12-14H2,1-3H3. The molecule has 4 rings (SSSR count). The third-order valence-electron chi connectivity index (χ3n) is 6.46. The number of rotatable bonds is 5. The van der Waals surface area contributed by atoms with Crippen molar-refractivity contribution >= 4 is 21.6 Å². The number of ether oxygens (including phenoxy) is 1. The van der Waals surface area contributed by atoms with E-state index in [2.05, 4.69) is 20.8 Å². The fourth-order valence-electron chi connectivity index (χ4n) is 4.74. The molecule has 0 aromatic heterocycles. The van der Waals surface area contributed by atoms with Crippen LogP contribution in [0, 0.1) is 21.8 Å². The number of carbonyl (C=O) groups is 1. The van der Waals surface area contributed by atoms with Crippen LogP contribution in [0.3, 0.4) is 0 Å². The van der Waals surface area contributed by atoms with E-state index in [1.54, 1.807) is 0 Å². The van der Waals surface area contributed by atoms with E-state index in [0.717, 1.165) is 23.3 Å². The highest BCUT2D eigenvalue weighted by molar-refractivity contribution is 7.91. The van der Waals surface area contributed by atoms with E-state index in [9.17, 15) is 27.7 Å². The van der Waals surface area contributed by atoms with Crippen molar-refractivity contribution in [2.45, 2.75) is 51.3 Å². The van der Waals surface area contributed by atoms with Gasteiger partial charge in [-0.1, -0.05) is 51.1 Å². The normalized spacial score (nSPS) is 23.9. The van der Waals surface area contributed by atoms with Gasteiger partial charge in [-0.2, -0.15) is 4.39 Å². The topological polar surface area (TPSA) is 107 Å². The zero-order chi connectivity index (χ0) is 24.8. The average Bonchev–Trinajstić information content (AvgIpc) is 3.02. The molecular weight excluding hydrogens is 463 g/mol. The van der Waals surface area contributed by atoms with Gasteiger partial charge >= 0.3 is 11.8 Å². The molecule has 1 amide bonds. The number of nitro groups is 1. The first-order valence-electron chi connectivity index (χ1n) is 11.0. The highest BCUT2D eigenvalue weighted by Gasteiger charge is 2.51. The lowest BCUT2D eigenvalue weighted by Crippen LogP contribution is -2.51. The van der Waals surface area contributed by atoms with Gasteiger partial charge in [-0.15, -0.1) is 0 Å². The van der Waals surface area contributed by atoms with Gasteiger partial charge in [0, 0.05) is 18.5 Å². The molecule has 0 bridgehead atoms. The van der Waals surface area contributed by atoms with E-state index < -0.39 is 50.4 Å². The summed E-state index contributed by atoms with van der Waals surface area (Å²) in [4.78, 5) is 24.3. The summed E-state index contributed by atoms with van der Waals surface area (Å²) >= 11 is 0. The SMILES string of the molecule is CC(C)(C)c1cccc(CN2C(=O)OC3C(Cc4ccc([N+](=O)[O-])c(F)c4)CS(=O)(=O)CC32)c1. The van der Waals surface area contributed by atoms with Gasteiger partial charge in [0.2, 0.25) is 5.82 Å². The van der Waals surface area contributed by atoms with Gasteiger partial charge in [-0.25, -0.2) is 13.2 Å². The molecule has 34 heavy (non-hydrogen) atoms. The lowest BCUT2D eigenvalue weighted by atomic mass is 9.86. The number of fused-ring (bicyclic) bond motifs is 1. The van der Waals surface area contributed by atoms with Gasteiger partial charge in [-0.05, 0) is 34.6 Å². The maximum absolute atomic E-state index is 14.1. The van der Waals surface area contributed by atoms with Gasteiger partial charge in [0.15, 0.2) is 9.84 Å². The molecule has 2 heterocycles. The smallest absolute Gasteiger partial charge is 0.410 e. The number of nitrogens with zero attached hydrogens (tertiary/aromatic N) is 2. The quantitative estimate of drug-likeness (QED) is 0.463. The first kappa shape index (κ1) is 24.1. The maximum Gasteiger partial charge on any atom is 0.410 e. The number of carbonyl (C=O) groups excluding carboxylic acids is 1. The summed E-state index contributed by atoms with van der Waals surface area (Å²) in [6.45, 7) is 6.49. The Hall–Kier alpha value is -3.01. The molecule has 3 unspecified atom stereocenters. The second-order valence-electron chi connectivity index (χ2n) is 10.1.